The van der Waals surface area contributed by atoms with E-state index in [1.807, 2.05) is 19.2 Å². The van der Waals surface area contributed by atoms with Crippen molar-refractivity contribution in [3.8, 4) is 11.5 Å². The molecule has 2 aliphatic carbocycles. The van der Waals surface area contributed by atoms with Crippen molar-refractivity contribution >= 4 is 17.9 Å². The number of piperidine rings is 1. The van der Waals surface area contributed by atoms with Crippen LogP contribution in [0, 0.1) is 0 Å². The molecule has 2 heterocycles. The number of carbonyl (C=O) groups is 3. The lowest BCUT2D eigenvalue weighted by Gasteiger charge is -2.61. The maximum Gasteiger partial charge on any atom is 0.344 e. The minimum Gasteiger partial charge on any atom is -0.493 e. The number of benzene rings is 1. The summed E-state index contributed by atoms with van der Waals surface area (Å²) in [6.45, 7) is 1.84. The fraction of sp³-hybridized carbons (Fsp3) is 0.560. The molecule has 11 heteroatoms. The molecule has 1 aromatic rings. The van der Waals surface area contributed by atoms with Gasteiger partial charge in [-0.05, 0) is 51.1 Å². The Morgan fingerprint density at radius 3 is 2.75 bits per heavy atom. The standard InChI is InChI=1S/C25H29NO10/c1-12(22(29)30)34-23(31)14(27)11-18(28)35-16-6-7-25(32)17-10-13-4-5-15(33-3)20-19(13)24(25,21(16)36-20)8-9-26(17)2/h4-6,12,14,17,21,27,32H,7-11H2,1-3H3,(H,29,30)/t12?,14?,17-,21+,24+,25-/m1/s1. The van der Waals surface area contributed by atoms with Crippen LogP contribution in [0.2, 0.25) is 0 Å². The van der Waals surface area contributed by atoms with Crippen molar-refractivity contribution in [2.75, 3.05) is 20.7 Å². The van der Waals surface area contributed by atoms with Crippen molar-refractivity contribution in [2.45, 2.75) is 68.0 Å². The first-order valence-corrected chi connectivity index (χ1v) is 11.8. The van der Waals surface area contributed by atoms with E-state index in [1.165, 1.54) is 7.11 Å². The summed E-state index contributed by atoms with van der Waals surface area (Å²) in [4.78, 5) is 37.7. The molecule has 2 aliphatic heterocycles. The van der Waals surface area contributed by atoms with Gasteiger partial charge in [0.1, 0.15) is 5.76 Å². The van der Waals surface area contributed by atoms with Crippen molar-refractivity contribution in [1.29, 1.82) is 0 Å². The number of aliphatic hydroxyl groups is 2. The maximum atomic E-state index is 12.7. The van der Waals surface area contributed by atoms with Gasteiger partial charge in [-0.1, -0.05) is 6.07 Å². The summed E-state index contributed by atoms with van der Waals surface area (Å²) in [5.74, 6) is -2.29. The van der Waals surface area contributed by atoms with Gasteiger partial charge < -0.3 is 39.2 Å². The highest BCUT2D eigenvalue weighted by Gasteiger charge is 2.72. The van der Waals surface area contributed by atoms with Gasteiger partial charge in [0.15, 0.2) is 29.8 Å². The molecule has 1 spiro atoms. The normalized spacial score (nSPS) is 31.3. The van der Waals surface area contributed by atoms with E-state index in [0.29, 0.717) is 30.9 Å². The Labute approximate surface area is 207 Å². The van der Waals surface area contributed by atoms with Crippen LogP contribution < -0.4 is 9.47 Å². The van der Waals surface area contributed by atoms with Gasteiger partial charge in [-0.3, -0.25) is 4.79 Å². The molecule has 5 rings (SSSR count). The first-order valence-electron chi connectivity index (χ1n) is 11.8. The molecule has 2 unspecified atom stereocenters. The van der Waals surface area contributed by atoms with E-state index in [9.17, 15) is 24.6 Å². The summed E-state index contributed by atoms with van der Waals surface area (Å²) in [6, 6.07) is 3.66. The van der Waals surface area contributed by atoms with Crippen LogP contribution in [0.15, 0.2) is 24.0 Å². The Kier molecular flexibility index (Phi) is 5.77. The van der Waals surface area contributed by atoms with Crippen LogP contribution in [0.4, 0.5) is 0 Å². The number of hydrogen-bond acceptors (Lipinski definition) is 10. The van der Waals surface area contributed by atoms with Gasteiger partial charge >= 0.3 is 17.9 Å². The molecule has 2 bridgehead atoms. The highest BCUT2D eigenvalue weighted by Crippen LogP contribution is 2.65. The molecule has 0 aromatic heterocycles. The number of likely N-dealkylation sites (N-methyl/N-ethyl adjacent to an activating group) is 1. The van der Waals surface area contributed by atoms with Gasteiger partial charge in [0.05, 0.1) is 24.5 Å². The molecule has 1 aromatic carbocycles. The van der Waals surface area contributed by atoms with E-state index >= 15 is 0 Å². The molecule has 6 atom stereocenters. The third-order valence-corrected chi connectivity index (χ3v) is 8.06. The molecule has 194 valence electrons. The molecule has 3 N–H and O–H groups in total. The summed E-state index contributed by atoms with van der Waals surface area (Å²) in [7, 11) is 3.52. The summed E-state index contributed by atoms with van der Waals surface area (Å²) < 4.78 is 22.1. The van der Waals surface area contributed by atoms with E-state index in [-0.39, 0.29) is 18.2 Å². The molecule has 1 fully saturated rings. The van der Waals surface area contributed by atoms with Crippen LogP contribution >= 0.6 is 0 Å². The van der Waals surface area contributed by atoms with E-state index in [0.717, 1.165) is 18.1 Å². The summed E-state index contributed by atoms with van der Waals surface area (Å²) in [5.41, 5.74) is -0.0958. The van der Waals surface area contributed by atoms with Gasteiger partial charge in [-0.15, -0.1) is 0 Å². The molecule has 0 radical (unpaired) electrons. The van der Waals surface area contributed by atoms with Crippen molar-refractivity contribution in [1.82, 2.24) is 4.90 Å². The van der Waals surface area contributed by atoms with Crippen LogP contribution in [-0.2, 0) is 35.7 Å². The average molecular weight is 504 g/mol. The first-order chi connectivity index (χ1) is 17.0. The smallest absolute Gasteiger partial charge is 0.344 e. The Morgan fingerprint density at radius 1 is 1.31 bits per heavy atom. The van der Waals surface area contributed by atoms with Gasteiger partial charge in [0.25, 0.3) is 0 Å². The van der Waals surface area contributed by atoms with Crippen molar-refractivity contribution in [3.63, 3.8) is 0 Å². The molecule has 11 nitrogen and oxygen atoms in total. The van der Waals surface area contributed by atoms with Gasteiger partial charge in [-0.2, -0.15) is 0 Å². The summed E-state index contributed by atoms with van der Waals surface area (Å²) in [6.07, 6.45) is -1.85. The monoisotopic (exact) mass is 503 g/mol. The molecule has 1 saturated heterocycles. The third-order valence-electron chi connectivity index (χ3n) is 8.06. The summed E-state index contributed by atoms with van der Waals surface area (Å²) in [5, 5.41) is 31.1. The minimum atomic E-state index is -1.89. The Balaban J connectivity index is 1.43. The maximum absolute atomic E-state index is 12.7. The molecule has 4 aliphatic rings. The van der Waals surface area contributed by atoms with Crippen LogP contribution in [0.1, 0.15) is 37.3 Å². The van der Waals surface area contributed by atoms with Gasteiger partial charge in [-0.25, -0.2) is 9.59 Å². The minimum absolute atomic E-state index is 0.162. The highest BCUT2D eigenvalue weighted by atomic mass is 16.6. The number of esters is 2. The fourth-order valence-electron chi connectivity index (χ4n) is 6.31. The average Bonchev–Trinajstić information content (AvgIpc) is 3.18. The van der Waals surface area contributed by atoms with Crippen molar-refractivity contribution in [2.24, 2.45) is 0 Å². The fourth-order valence-corrected chi connectivity index (χ4v) is 6.31. The first kappa shape index (κ1) is 24.5. The van der Waals surface area contributed by atoms with Crippen molar-refractivity contribution < 1.29 is 48.7 Å². The van der Waals surface area contributed by atoms with Gasteiger partial charge in [0.2, 0.25) is 0 Å². The number of methoxy groups -OCH3 is 1. The zero-order valence-corrected chi connectivity index (χ0v) is 20.2. The van der Waals surface area contributed by atoms with Gasteiger partial charge in [0, 0.05) is 18.0 Å². The van der Waals surface area contributed by atoms with Crippen LogP contribution in [0.3, 0.4) is 0 Å². The second-order valence-electron chi connectivity index (χ2n) is 9.90. The lowest BCUT2D eigenvalue weighted by atomic mass is 9.50. The van der Waals surface area contributed by atoms with Crippen LogP contribution in [0.25, 0.3) is 0 Å². The van der Waals surface area contributed by atoms with Crippen LogP contribution in [-0.4, -0.2) is 88.8 Å². The van der Waals surface area contributed by atoms with E-state index in [2.05, 4.69) is 9.64 Å². The van der Waals surface area contributed by atoms with Crippen molar-refractivity contribution in [3.05, 3.63) is 35.1 Å². The van der Waals surface area contributed by atoms with Crippen LogP contribution in [0.5, 0.6) is 11.5 Å². The molecule has 0 amide bonds. The Morgan fingerprint density at radius 2 is 2.06 bits per heavy atom. The number of likely N-dealkylation sites (tertiary alicyclic amines) is 1. The lowest BCUT2D eigenvalue weighted by Crippen LogP contribution is -2.74. The molecular formula is C25H29NO10. The number of rotatable bonds is 7. The zero-order valence-electron chi connectivity index (χ0n) is 20.2. The number of hydrogen-bond donors (Lipinski definition) is 3. The predicted octanol–water partition coefficient (Wildman–Crippen LogP) is 0.283. The van der Waals surface area contributed by atoms with E-state index < -0.39 is 53.7 Å². The lowest BCUT2D eigenvalue weighted by molar-refractivity contribution is -0.173. The molecular weight excluding hydrogens is 474 g/mol. The number of carboxylic acids is 1. The summed E-state index contributed by atoms with van der Waals surface area (Å²) >= 11 is 0. The number of carboxylic acid groups (broad SMARTS) is 1. The second-order valence-corrected chi connectivity index (χ2v) is 9.90. The Hall–Kier alpha value is -3.15. The molecule has 36 heavy (non-hydrogen) atoms. The second kappa shape index (κ2) is 8.46. The Bertz CT molecular complexity index is 1160. The quantitative estimate of drug-likeness (QED) is 0.440. The SMILES string of the molecule is COc1ccc2c3c1O[C@H]1C(OC(=O)CC(O)C(=O)OC(C)C(=O)O)=CC[C@@]4(O)[C@@H](C2)N(C)CC[C@]314. The highest BCUT2D eigenvalue weighted by molar-refractivity contribution is 5.84. The predicted molar refractivity (Wildman–Crippen MR) is 121 cm³/mol. The third kappa shape index (κ3) is 3.33. The number of aliphatic hydroxyl groups excluding tert-OH is 1. The number of aliphatic carboxylic acids is 1. The largest absolute Gasteiger partial charge is 0.493 e. The topological polar surface area (TPSA) is 152 Å². The number of ether oxygens (including phenoxy) is 4. The zero-order chi connectivity index (χ0) is 26.0. The van der Waals surface area contributed by atoms with E-state index in [1.54, 1.807) is 6.08 Å². The number of nitrogens with zero attached hydrogens (tertiary/aromatic N) is 1. The molecule has 0 saturated carbocycles. The number of carbonyl (C=O) groups excluding carboxylic acids is 2. The van der Waals surface area contributed by atoms with E-state index in [4.69, 9.17) is 19.3 Å².